The number of hydrogen-bond donors (Lipinski definition) is 1. The van der Waals surface area contributed by atoms with Crippen molar-refractivity contribution in [3.8, 4) is 0 Å². The van der Waals surface area contributed by atoms with Crippen LogP contribution in [0.3, 0.4) is 0 Å². The first-order chi connectivity index (χ1) is 13.7. The number of nitrogens with zero attached hydrogens (tertiary/aromatic N) is 1. The molecule has 1 heterocycles. The first-order valence-corrected chi connectivity index (χ1v) is 12.8. The number of hydrogen-bond acceptors (Lipinski definition) is 4. The second kappa shape index (κ2) is 8.42. The van der Waals surface area contributed by atoms with E-state index in [2.05, 4.69) is 59.7 Å². The molecule has 5 atom stereocenters. The molecule has 164 valence electrons. The normalized spacial score (nSPS) is 43.1. The van der Waals surface area contributed by atoms with E-state index in [9.17, 15) is 4.79 Å². The quantitative estimate of drug-likeness (QED) is 0.258. The molecule has 0 amide bonds. The van der Waals surface area contributed by atoms with Gasteiger partial charge < -0.3 is 10.1 Å². The van der Waals surface area contributed by atoms with Crippen LogP contribution < -0.4 is 5.32 Å². The average Bonchev–Trinajstić information content (AvgIpc) is 2.66. The van der Waals surface area contributed by atoms with Crippen molar-refractivity contribution in [3.63, 3.8) is 0 Å². The highest BCUT2D eigenvalue weighted by atomic mass is 127. The predicted molar refractivity (Wildman–Crippen MR) is 126 cm³/mol. The zero-order valence-electron chi connectivity index (χ0n) is 18.6. The van der Waals surface area contributed by atoms with Crippen molar-refractivity contribution in [1.29, 1.82) is 0 Å². The molecule has 0 bridgehead atoms. The molecule has 0 aromatic heterocycles. The summed E-state index contributed by atoms with van der Waals surface area (Å²) in [6.07, 6.45) is 11.5. The van der Waals surface area contributed by atoms with Crippen LogP contribution >= 0.6 is 22.6 Å². The summed E-state index contributed by atoms with van der Waals surface area (Å²) in [7, 11) is 0. The Labute approximate surface area is 190 Å². The Morgan fingerprint density at radius 1 is 1.24 bits per heavy atom. The number of alkyl halides is 1. The van der Waals surface area contributed by atoms with Gasteiger partial charge in [0.05, 0.1) is 13.2 Å². The number of piperazine rings is 1. The average molecular weight is 514 g/mol. The number of nitrogens with one attached hydrogen (secondary N) is 1. The van der Waals surface area contributed by atoms with Gasteiger partial charge in [0.25, 0.3) is 0 Å². The Hall–Kier alpha value is -0.140. The molecular weight excluding hydrogens is 475 g/mol. The van der Waals surface area contributed by atoms with Crippen LogP contribution in [0.2, 0.25) is 0 Å². The van der Waals surface area contributed by atoms with Crippen LogP contribution in [0.1, 0.15) is 65.7 Å². The molecule has 1 aliphatic heterocycles. The molecule has 5 heteroatoms. The molecular formula is C24H39IN2O2. The fourth-order valence-corrected chi connectivity index (χ4v) is 7.78. The maximum atomic E-state index is 12.5. The summed E-state index contributed by atoms with van der Waals surface area (Å²) in [5.41, 5.74) is 2.16. The zero-order chi connectivity index (χ0) is 20.7. The van der Waals surface area contributed by atoms with E-state index in [0.717, 1.165) is 32.1 Å². The lowest BCUT2D eigenvalue weighted by Crippen LogP contribution is -2.52. The standard InChI is InChI=1S/C24H39IN2O2/c1-22(17-29-21(28)16-27-13-11-26-12-14-27)8-4-9-24(3)19-7-10-23(2,25)15-18(19)5-6-20(22)24/h7,18,20,26H,4-6,8-17H2,1-3H3/t18?,20?,22-,23-,24-/m0/s1. The summed E-state index contributed by atoms with van der Waals surface area (Å²) >= 11 is 2.67. The zero-order valence-corrected chi connectivity index (χ0v) is 20.7. The van der Waals surface area contributed by atoms with E-state index >= 15 is 0 Å². The van der Waals surface area contributed by atoms with Crippen LogP contribution in [0.4, 0.5) is 0 Å². The van der Waals surface area contributed by atoms with Crippen molar-refractivity contribution in [2.24, 2.45) is 22.7 Å². The largest absolute Gasteiger partial charge is 0.464 e. The molecule has 2 unspecified atom stereocenters. The number of rotatable bonds is 4. The Balaban J connectivity index is 1.43. The minimum Gasteiger partial charge on any atom is -0.464 e. The van der Waals surface area contributed by atoms with E-state index in [1.165, 1.54) is 44.9 Å². The van der Waals surface area contributed by atoms with E-state index in [1.807, 2.05) is 0 Å². The van der Waals surface area contributed by atoms with Gasteiger partial charge >= 0.3 is 5.97 Å². The maximum Gasteiger partial charge on any atom is 0.320 e. The monoisotopic (exact) mass is 514 g/mol. The van der Waals surface area contributed by atoms with Crippen molar-refractivity contribution in [1.82, 2.24) is 10.2 Å². The van der Waals surface area contributed by atoms with Gasteiger partial charge in [0.1, 0.15) is 0 Å². The highest BCUT2D eigenvalue weighted by molar-refractivity contribution is 14.1. The molecule has 3 aliphatic carbocycles. The number of allylic oxidation sites excluding steroid dienone is 2. The van der Waals surface area contributed by atoms with Crippen LogP contribution in [0, 0.1) is 22.7 Å². The Kier molecular flexibility index (Phi) is 6.41. The molecule has 4 rings (SSSR count). The lowest BCUT2D eigenvalue weighted by Gasteiger charge is -2.59. The molecule has 1 saturated heterocycles. The number of carbonyl (C=O) groups is 1. The first-order valence-electron chi connectivity index (χ1n) is 11.7. The van der Waals surface area contributed by atoms with Crippen LogP contribution in [0.15, 0.2) is 11.6 Å². The third-order valence-electron chi connectivity index (χ3n) is 8.50. The highest BCUT2D eigenvalue weighted by Crippen LogP contribution is 2.63. The maximum absolute atomic E-state index is 12.5. The van der Waals surface area contributed by atoms with Crippen molar-refractivity contribution in [3.05, 3.63) is 11.6 Å². The number of ether oxygens (including phenoxy) is 1. The van der Waals surface area contributed by atoms with Crippen molar-refractivity contribution >= 4 is 28.6 Å². The van der Waals surface area contributed by atoms with Gasteiger partial charge in [-0.25, -0.2) is 0 Å². The third kappa shape index (κ3) is 4.57. The van der Waals surface area contributed by atoms with E-state index < -0.39 is 0 Å². The summed E-state index contributed by atoms with van der Waals surface area (Å²) in [5.74, 6) is 1.37. The second-order valence-corrected chi connectivity index (χ2v) is 13.5. The van der Waals surface area contributed by atoms with Gasteiger partial charge in [-0.2, -0.15) is 0 Å². The predicted octanol–water partition coefficient (Wildman–Crippen LogP) is 4.57. The lowest BCUT2D eigenvalue weighted by atomic mass is 9.47. The molecule has 3 fully saturated rings. The SMILES string of the molecule is C[C@]1(I)CC=C2C(CCC3[C@](C)(COC(=O)CN4CCNCC4)CCC[C@@]23C)C1. The van der Waals surface area contributed by atoms with Gasteiger partial charge in [0.15, 0.2) is 0 Å². The molecule has 4 nitrogen and oxygen atoms in total. The van der Waals surface area contributed by atoms with Gasteiger partial charge in [-0.1, -0.05) is 61.4 Å². The topological polar surface area (TPSA) is 41.6 Å². The fraction of sp³-hybridized carbons (Fsp3) is 0.875. The molecule has 1 N–H and O–H groups in total. The number of halogens is 1. The number of carbonyl (C=O) groups excluding carboxylic acids is 1. The fourth-order valence-electron chi connectivity index (χ4n) is 7.03. The Morgan fingerprint density at radius 2 is 2.00 bits per heavy atom. The van der Waals surface area contributed by atoms with E-state index in [1.54, 1.807) is 5.57 Å². The molecule has 29 heavy (non-hydrogen) atoms. The number of esters is 1. The summed E-state index contributed by atoms with van der Waals surface area (Å²) in [6.45, 7) is 12.2. The van der Waals surface area contributed by atoms with E-state index in [-0.39, 0.29) is 11.4 Å². The third-order valence-corrected chi connectivity index (χ3v) is 9.38. The van der Waals surface area contributed by atoms with Gasteiger partial charge in [0.2, 0.25) is 0 Å². The van der Waals surface area contributed by atoms with Crippen molar-refractivity contribution in [2.45, 2.75) is 69.1 Å². The molecule has 0 aromatic rings. The molecule has 0 radical (unpaired) electrons. The highest BCUT2D eigenvalue weighted by Gasteiger charge is 2.55. The van der Waals surface area contributed by atoms with Crippen molar-refractivity contribution < 1.29 is 9.53 Å². The summed E-state index contributed by atoms with van der Waals surface area (Å²) in [6, 6.07) is 0. The smallest absolute Gasteiger partial charge is 0.320 e. The minimum absolute atomic E-state index is 0.0355. The minimum atomic E-state index is -0.0355. The molecule has 4 aliphatic rings. The van der Waals surface area contributed by atoms with Crippen LogP contribution in [0.25, 0.3) is 0 Å². The van der Waals surface area contributed by atoms with Crippen LogP contribution in [-0.4, -0.2) is 53.6 Å². The van der Waals surface area contributed by atoms with Gasteiger partial charge in [0, 0.05) is 35.0 Å². The molecule has 0 spiro atoms. The summed E-state index contributed by atoms with van der Waals surface area (Å²) < 4.78 is 6.35. The second-order valence-electron chi connectivity index (χ2n) is 10.9. The lowest BCUT2D eigenvalue weighted by molar-refractivity contribution is -0.154. The Morgan fingerprint density at radius 3 is 2.76 bits per heavy atom. The van der Waals surface area contributed by atoms with Gasteiger partial charge in [-0.15, -0.1) is 0 Å². The van der Waals surface area contributed by atoms with E-state index in [0.29, 0.717) is 27.9 Å². The molecule has 0 aromatic carbocycles. The van der Waals surface area contributed by atoms with Crippen LogP contribution in [0.5, 0.6) is 0 Å². The van der Waals surface area contributed by atoms with Gasteiger partial charge in [-0.3, -0.25) is 9.69 Å². The summed E-state index contributed by atoms with van der Waals surface area (Å²) in [5, 5.41) is 3.34. The Bertz CT molecular complexity index is 657. The number of fused-ring (bicyclic) bond motifs is 3. The van der Waals surface area contributed by atoms with E-state index in [4.69, 9.17) is 4.74 Å². The summed E-state index contributed by atoms with van der Waals surface area (Å²) in [4.78, 5) is 14.8. The molecule has 2 saturated carbocycles. The first kappa shape index (κ1) is 22.1. The van der Waals surface area contributed by atoms with Crippen LogP contribution in [-0.2, 0) is 9.53 Å². The van der Waals surface area contributed by atoms with Gasteiger partial charge in [-0.05, 0) is 55.8 Å². The van der Waals surface area contributed by atoms with Crippen molar-refractivity contribution in [2.75, 3.05) is 39.3 Å².